The Balaban J connectivity index is 1.34. The molecule has 208 valence electrons. The molecule has 3 nitrogen and oxygen atoms in total. The Kier molecular flexibility index (Phi) is 7.37. The molecule has 0 unspecified atom stereocenters. The number of hydrogen-bond donors (Lipinski definition) is 2. The number of rotatable bonds is 4. The molecule has 2 aromatic rings. The summed E-state index contributed by atoms with van der Waals surface area (Å²) in [4.78, 5) is 18.5. The first-order chi connectivity index (χ1) is 18.1. The van der Waals surface area contributed by atoms with Crippen LogP contribution in [0.2, 0.25) is 0 Å². The van der Waals surface area contributed by atoms with E-state index in [4.69, 9.17) is 0 Å². The lowest BCUT2D eigenvalue weighted by Gasteiger charge is -2.41. The van der Waals surface area contributed by atoms with E-state index in [1.54, 1.807) is 0 Å². The molecule has 5 heteroatoms. The molecule has 1 aliphatic carbocycles. The molecule has 39 heavy (non-hydrogen) atoms. The molecule has 1 fully saturated rings. The summed E-state index contributed by atoms with van der Waals surface area (Å²) in [7, 11) is 0. The van der Waals surface area contributed by atoms with Crippen molar-refractivity contribution in [2.24, 2.45) is 0 Å². The van der Waals surface area contributed by atoms with Gasteiger partial charge >= 0.3 is 0 Å². The number of carbonyl (C=O) groups excluding carboxylic acids is 1. The van der Waals surface area contributed by atoms with Crippen molar-refractivity contribution >= 4 is 51.8 Å². The summed E-state index contributed by atoms with van der Waals surface area (Å²) in [6.07, 6.45) is 13.8. The average molecular weight is 561 g/mol. The van der Waals surface area contributed by atoms with Crippen LogP contribution in [0.15, 0.2) is 47.6 Å². The predicted octanol–water partition coefficient (Wildman–Crippen LogP) is 8.90. The third kappa shape index (κ3) is 6.82. The first kappa shape index (κ1) is 28.5. The van der Waals surface area contributed by atoms with E-state index in [0.717, 1.165) is 43.3 Å². The van der Waals surface area contributed by atoms with E-state index in [1.165, 1.54) is 30.7 Å². The first-order valence-electron chi connectivity index (χ1n) is 14.3. The van der Waals surface area contributed by atoms with Gasteiger partial charge in [-0.2, -0.15) is 0 Å². The van der Waals surface area contributed by atoms with Crippen LogP contribution in [0, 0.1) is 0 Å². The van der Waals surface area contributed by atoms with E-state index in [-0.39, 0.29) is 27.9 Å². The fraction of sp³-hybridized carbons (Fsp3) is 0.500. The third-order valence-corrected chi connectivity index (χ3v) is 9.87. The smallest absolute Gasteiger partial charge is 0.185 e. The van der Waals surface area contributed by atoms with E-state index in [0.29, 0.717) is 0 Å². The predicted molar refractivity (Wildman–Crippen MR) is 171 cm³/mol. The zero-order valence-electron chi connectivity index (χ0n) is 24.9. The molecular formula is C34H44N2OS2. The number of Topliss-reactive ketones (excluding diaryl/α,β-unsaturated/α-hetero) is 1. The van der Waals surface area contributed by atoms with Gasteiger partial charge < -0.3 is 10.6 Å². The molecule has 4 heterocycles. The van der Waals surface area contributed by atoms with E-state index in [2.05, 4.69) is 115 Å². The number of carbonyl (C=O) groups is 1. The Morgan fingerprint density at radius 2 is 1.08 bits per heavy atom. The highest BCUT2D eigenvalue weighted by Gasteiger charge is 2.34. The SMILES string of the molecule is CC1(C)C=C(c2ccc(/C=C3\CCC/C(=C\c4ccc(C5=CC(C)(C)NC(C)(C)C5)s4)C3=O)s2)CC(C)(C)N1. The molecule has 1 saturated carbocycles. The molecule has 2 aromatic heterocycles. The maximum Gasteiger partial charge on any atom is 0.185 e. The Labute approximate surface area is 243 Å². The van der Waals surface area contributed by atoms with Crippen molar-refractivity contribution in [2.75, 3.05) is 0 Å². The lowest BCUT2D eigenvalue weighted by atomic mass is 9.83. The van der Waals surface area contributed by atoms with Crippen LogP contribution in [0.25, 0.3) is 23.3 Å². The quantitative estimate of drug-likeness (QED) is 0.367. The van der Waals surface area contributed by atoms with E-state index < -0.39 is 0 Å². The maximum absolute atomic E-state index is 13.5. The van der Waals surface area contributed by atoms with E-state index in [1.807, 2.05) is 22.7 Å². The van der Waals surface area contributed by atoms with Gasteiger partial charge in [0.2, 0.25) is 0 Å². The summed E-state index contributed by atoms with van der Waals surface area (Å²) < 4.78 is 0. The van der Waals surface area contributed by atoms with Gasteiger partial charge in [0, 0.05) is 52.8 Å². The van der Waals surface area contributed by atoms with Crippen LogP contribution in [0.4, 0.5) is 0 Å². The molecule has 0 bridgehead atoms. The second-order valence-electron chi connectivity index (χ2n) is 14.1. The minimum atomic E-state index is -0.0305. The molecule has 0 spiro atoms. The summed E-state index contributed by atoms with van der Waals surface area (Å²) in [5.41, 5.74) is 4.76. The van der Waals surface area contributed by atoms with Crippen LogP contribution in [0.5, 0.6) is 0 Å². The van der Waals surface area contributed by atoms with Crippen molar-refractivity contribution in [3.63, 3.8) is 0 Å². The molecule has 2 aliphatic heterocycles. The second kappa shape index (κ2) is 10.1. The van der Waals surface area contributed by atoms with Crippen LogP contribution in [0.1, 0.15) is 107 Å². The number of ketones is 1. The average Bonchev–Trinajstić information content (AvgIpc) is 3.42. The van der Waals surface area contributed by atoms with Crippen LogP contribution >= 0.6 is 22.7 Å². The minimum absolute atomic E-state index is 0.0305. The third-order valence-electron chi connectivity index (χ3n) is 7.65. The monoisotopic (exact) mass is 560 g/mol. The van der Waals surface area contributed by atoms with Gasteiger partial charge in [0.05, 0.1) is 0 Å². The fourth-order valence-corrected chi connectivity index (χ4v) is 8.85. The van der Waals surface area contributed by atoms with Crippen molar-refractivity contribution in [3.8, 4) is 0 Å². The van der Waals surface area contributed by atoms with Crippen molar-refractivity contribution in [1.29, 1.82) is 0 Å². The number of nitrogens with one attached hydrogen (secondary N) is 2. The fourth-order valence-electron chi connectivity index (χ4n) is 6.87. The number of allylic oxidation sites excluding steroid dienone is 2. The van der Waals surface area contributed by atoms with Gasteiger partial charge in [-0.1, -0.05) is 12.2 Å². The van der Waals surface area contributed by atoms with E-state index in [9.17, 15) is 4.79 Å². The highest BCUT2D eigenvalue weighted by Crippen LogP contribution is 2.39. The Morgan fingerprint density at radius 1 is 0.667 bits per heavy atom. The highest BCUT2D eigenvalue weighted by atomic mass is 32.1. The van der Waals surface area contributed by atoms with Gasteiger partial charge in [-0.3, -0.25) is 4.79 Å². The highest BCUT2D eigenvalue weighted by molar-refractivity contribution is 7.14. The molecular weight excluding hydrogens is 517 g/mol. The zero-order valence-corrected chi connectivity index (χ0v) is 26.5. The topological polar surface area (TPSA) is 41.1 Å². The second-order valence-corrected chi connectivity index (χ2v) is 16.3. The summed E-state index contributed by atoms with van der Waals surface area (Å²) in [6, 6.07) is 8.83. The van der Waals surface area contributed by atoms with Gasteiger partial charge in [0.15, 0.2) is 5.78 Å². The Hall–Kier alpha value is -2.05. The van der Waals surface area contributed by atoms with Crippen LogP contribution < -0.4 is 10.6 Å². The lowest BCUT2D eigenvalue weighted by Crippen LogP contribution is -2.53. The minimum Gasteiger partial charge on any atom is -0.303 e. The Bertz CT molecular complexity index is 1300. The number of hydrogen-bond acceptors (Lipinski definition) is 5. The summed E-state index contributed by atoms with van der Waals surface area (Å²) in [6.45, 7) is 18.0. The number of thiophene rings is 2. The van der Waals surface area contributed by atoms with Gasteiger partial charge in [0.1, 0.15) is 0 Å². The van der Waals surface area contributed by atoms with Crippen molar-refractivity contribution in [1.82, 2.24) is 10.6 Å². The molecule has 5 rings (SSSR count). The van der Waals surface area contributed by atoms with E-state index >= 15 is 0 Å². The largest absolute Gasteiger partial charge is 0.303 e. The lowest BCUT2D eigenvalue weighted by molar-refractivity contribution is -0.112. The summed E-state index contributed by atoms with van der Waals surface area (Å²) >= 11 is 3.61. The molecule has 0 atom stereocenters. The molecule has 3 aliphatic rings. The summed E-state index contributed by atoms with van der Waals surface area (Å²) in [5, 5.41) is 7.44. The van der Waals surface area contributed by atoms with Gasteiger partial charge in [0.25, 0.3) is 0 Å². The van der Waals surface area contributed by atoms with Crippen molar-refractivity contribution in [2.45, 2.75) is 110 Å². The Morgan fingerprint density at radius 3 is 1.46 bits per heavy atom. The first-order valence-corrected chi connectivity index (χ1v) is 15.9. The molecule has 0 saturated heterocycles. The normalized spacial score (nSPS) is 26.0. The van der Waals surface area contributed by atoms with Crippen LogP contribution in [0.3, 0.4) is 0 Å². The standard InChI is InChI=1S/C34H44N2OS2/c1-31(2)18-24(19-32(3,4)35-31)28-14-12-26(38-28)16-22-10-9-11-23(30(22)37)17-27-13-15-29(39-27)25-20-33(5,6)36-34(7,8)21-25/h12-18,20,35-36H,9-11,19,21H2,1-8H3/b22-16+,23-17+. The zero-order chi connectivity index (χ0) is 28.2. The van der Waals surface area contributed by atoms with Gasteiger partial charge in [-0.05, 0) is 135 Å². The molecule has 0 amide bonds. The van der Waals surface area contributed by atoms with Crippen molar-refractivity contribution < 1.29 is 4.79 Å². The van der Waals surface area contributed by atoms with Crippen LogP contribution in [-0.4, -0.2) is 27.9 Å². The molecule has 2 N–H and O–H groups in total. The van der Waals surface area contributed by atoms with Gasteiger partial charge in [-0.25, -0.2) is 0 Å². The van der Waals surface area contributed by atoms with Gasteiger partial charge in [-0.15, -0.1) is 22.7 Å². The van der Waals surface area contributed by atoms with Crippen LogP contribution in [-0.2, 0) is 4.79 Å². The van der Waals surface area contributed by atoms with Crippen molar-refractivity contribution in [3.05, 3.63) is 67.1 Å². The summed E-state index contributed by atoms with van der Waals surface area (Å²) in [5.74, 6) is 0.220. The molecule has 0 radical (unpaired) electrons. The molecule has 0 aromatic carbocycles. The maximum atomic E-state index is 13.5.